The molecule has 0 N–H and O–H groups in total. The van der Waals surface area contributed by atoms with Crippen LogP contribution in [0.3, 0.4) is 0 Å². The van der Waals surface area contributed by atoms with Gasteiger partial charge < -0.3 is 0 Å². The third kappa shape index (κ3) is 8.33. The summed E-state index contributed by atoms with van der Waals surface area (Å²) in [6.45, 7) is 10.9. The molecule has 2 atom stereocenters. The second-order valence-corrected chi connectivity index (χ2v) is 4.45. The van der Waals surface area contributed by atoms with Crippen molar-refractivity contribution in [3.8, 4) is 0 Å². The second kappa shape index (κ2) is 8.59. The molecule has 0 saturated heterocycles. The maximum Gasteiger partial charge on any atom is -0.0417 e. The summed E-state index contributed by atoms with van der Waals surface area (Å²) in [6, 6.07) is 0. The normalized spacial score (nSPS) is 13.6. The molecular formula is C13H27. The van der Waals surface area contributed by atoms with Gasteiger partial charge in [0, 0.05) is 0 Å². The van der Waals surface area contributed by atoms with Gasteiger partial charge in [0.15, 0.2) is 0 Å². The van der Waals surface area contributed by atoms with Crippen LogP contribution >= 0.6 is 0 Å². The van der Waals surface area contributed by atoms with Crippen molar-refractivity contribution in [2.24, 2.45) is 11.8 Å². The minimum Gasteiger partial charge on any atom is -0.0654 e. The molecule has 0 aliphatic heterocycles. The molecule has 0 bridgehead atoms. The molecular weight excluding hydrogens is 156 g/mol. The second-order valence-electron chi connectivity index (χ2n) is 4.45. The Morgan fingerprint density at radius 3 is 2.15 bits per heavy atom. The monoisotopic (exact) mass is 183 g/mol. The van der Waals surface area contributed by atoms with E-state index in [-0.39, 0.29) is 0 Å². The van der Waals surface area contributed by atoms with E-state index < -0.39 is 0 Å². The Kier molecular flexibility index (Phi) is 8.59. The van der Waals surface area contributed by atoms with Crippen LogP contribution in [0, 0.1) is 18.8 Å². The summed E-state index contributed by atoms with van der Waals surface area (Å²) in [6.07, 6.45) is 9.70. The lowest BCUT2D eigenvalue weighted by Crippen LogP contribution is -2.01. The van der Waals surface area contributed by atoms with Crippen LogP contribution in [0.25, 0.3) is 0 Å². The molecule has 0 aromatic heterocycles. The number of unbranched alkanes of at least 4 members (excludes halogenated alkanes) is 2. The number of rotatable bonds is 8. The highest BCUT2D eigenvalue weighted by Crippen LogP contribution is 2.21. The summed E-state index contributed by atoms with van der Waals surface area (Å²) >= 11 is 0. The zero-order valence-corrected chi connectivity index (χ0v) is 9.81. The molecule has 0 saturated carbocycles. The van der Waals surface area contributed by atoms with Gasteiger partial charge in [0.2, 0.25) is 0 Å². The first kappa shape index (κ1) is 13.0. The fourth-order valence-corrected chi connectivity index (χ4v) is 1.76. The molecule has 2 unspecified atom stereocenters. The van der Waals surface area contributed by atoms with Crippen molar-refractivity contribution in [3.05, 3.63) is 6.92 Å². The molecule has 0 aromatic rings. The van der Waals surface area contributed by atoms with Crippen molar-refractivity contribution < 1.29 is 0 Å². The highest BCUT2D eigenvalue weighted by molar-refractivity contribution is 4.62. The quantitative estimate of drug-likeness (QED) is 0.472. The summed E-state index contributed by atoms with van der Waals surface area (Å²) < 4.78 is 0. The van der Waals surface area contributed by atoms with E-state index in [4.69, 9.17) is 0 Å². The number of hydrogen-bond donors (Lipinski definition) is 0. The van der Waals surface area contributed by atoms with Crippen molar-refractivity contribution in [1.82, 2.24) is 0 Å². The lowest BCUT2D eigenvalue weighted by Gasteiger charge is -2.15. The molecule has 13 heavy (non-hydrogen) atoms. The predicted octanol–water partition coefficient (Wildman–Crippen LogP) is 4.84. The molecule has 0 heterocycles. The Labute approximate surface area is 85.1 Å². The highest BCUT2D eigenvalue weighted by atomic mass is 14.1. The minimum atomic E-state index is 0.639. The first-order valence-corrected chi connectivity index (χ1v) is 6.03. The SMILES string of the molecule is [CH2]C(C)CCC(CC)CCCCC. The summed E-state index contributed by atoms with van der Waals surface area (Å²) in [7, 11) is 0. The fraction of sp³-hybridized carbons (Fsp3) is 0.923. The van der Waals surface area contributed by atoms with Crippen LogP contribution in [0.5, 0.6) is 0 Å². The lowest BCUT2D eigenvalue weighted by molar-refractivity contribution is 0.386. The summed E-state index contributed by atoms with van der Waals surface area (Å²) in [5.41, 5.74) is 0. The van der Waals surface area contributed by atoms with Gasteiger partial charge in [-0.15, -0.1) is 0 Å². The van der Waals surface area contributed by atoms with Crippen molar-refractivity contribution in [3.63, 3.8) is 0 Å². The Morgan fingerprint density at radius 2 is 1.69 bits per heavy atom. The third-order valence-corrected chi connectivity index (χ3v) is 2.86. The molecule has 0 nitrogen and oxygen atoms in total. The summed E-state index contributed by atoms with van der Waals surface area (Å²) in [5.74, 6) is 1.61. The smallest absolute Gasteiger partial charge is 0.0417 e. The van der Waals surface area contributed by atoms with Crippen molar-refractivity contribution in [1.29, 1.82) is 0 Å². The van der Waals surface area contributed by atoms with E-state index in [0.29, 0.717) is 5.92 Å². The average Bonchev–Trinajstić information content (AvgIpc) is 2.10. The maximum atomic E-state index is 4.04. The topological polar surface area (TPSA) is 0 Å². The van der Waals surface area contributed by atoms with Crippen LogP contribution in [-0.2, 0) is 0 Å². The van der Waals surface area contributed by atoms with Crippen LogP contribution in [0.15, 0.2) is 0 Å². The van der Waals surface area contributed by atoms with Crippen LogP contribution < -0.4 is 0 Å². The van der Waals surface area contributed by atoms with E-state index >= 15 is 0 Å². The number of hydrogen-bond acceptors (Lipinski definition) is 0. The molecule has 79 valence electrons. The molecule has 0 fully saturated rings. The molecule has 0 rings (SSSR count). The molecule has 0 aromatic carbocycles. The predicted molar refractivity (Wildman–Crippen MR) is 61.7 cm³/mol. The van der Waals surface area contributed by atoms with E-state index in [1.807, 2.05) is 0 Å². The molecule has 0 spiro atoms. The van der Waals surface area contributed by atoms with Gasteiger partial charge in [-0.1, -0.05) is 72.6 Å². The van der Waals surface area contributed by atoms with Crippen molar-refractivity contribution in [2.45, 2.75) is 65.7 Å². The van der Waals surface area contributed by atoms with Crippen LogP contribution in [0.1, 0.15) is 65.7 Å². The summed E-state index contributed by atoms with van der Waals surface area (Å²) in [5, 5.41) is 0. The van der Waals surface area contributed by atoms with Gasteiger partial charge in [-0.25, -0.2) is 0 Å². The van der Waals surface area contributed by atoms with Crippen LogP contribution in [-0.4, -0.2) is 0 Å². The van der Waals surface area contributed by atoms with E-state index in [1.54, 1.807) is 0 Å². The van der Waals surface area contributed by atoms with Gasteiger partial charge in [0.05, 0.1) is 0 Å². The van der Waals surface area contributed by atoms with E-state index in [1.165, 1.54) is 44.9 Å². The molecule has 0 heteroatoms. The van der Waals surface area contributed by atoms with E-state index in [9.17, 15) is 0 Å². The van der Waals surface area contributed by atoms with Gasteiger partial charge in [-0.05, 0) is 11.8 Å². The lowest BCUT2D eigenvalue weighted by atomic mass is 9.91. The first-order valence-electron chi connectivity index (χ1n) is 6.03. The Hall–Kier alpha value is 0. The van der Waals surface area contributed by atoms with Gasteiger partial charge in [0.1, 0.15) is 0 Å². The Balaban J connectivity index is 3.39. The molecule has 1 radical (unpaired) electrons. The van der Waals surface area contributed by atoms with Crippen LogP contribution in [0.2, 0.25) is 0 Å². The van der Waals surface area contributed by atoms with Crippen LogP contribution in [0.4, 0.5) is 0 Å². The van der Waals surface area contributed by atoms with E-state index in [0.717, 1.165) is 5.92 Å². The van der Waals surface area contributed by atoms with Gasteiger partial charge in [-0.2, -0.15) is 0 Å². The average molecular weight is 183 g/mol. The van der Waals surface area contributed by atoms with Crippen molar-refractivity contribution >= 4 is 0 Å². The molecule has 0 aliphatic rings. The standard InChI is InChI=1S/C13H27/c1-5-7-8-9-13(6-2)11-10-12(3)4/h12-13H,3,5-11H2,1-2,4H3. The van der Waals surface area contributed by atoms with Gasteiger partial charge in [-0.3, -0.25) is 0 Å². The Bertz CT molecular complexity index is 94.2. The summed E-state index contributed by atoms with van der Waals surface area (Å²) in [4.78, 5) is 0. The highest BCUT2D eigenvalue weighted by Gasteiger charge is 2.06. The fourth-order valence-electron chi connectivity index (χ4n) is 1.76. The minimum absolute atomic E-state index is 0.639. The Morgan fingerprint density at radius 1 is 1.00 bits per heavy atom. The zero-order chi connectivity index (χ0) is 10.1. The van der Waals surface area contributed by atoms with Gasteiger partial charge in [0.25, 0.3) is 0 Å². The van der Waals surface area contributed by atoms with Gasteiger partial charge >= 0.3 is 0 Å². The molecule has 0 amide bonds. The van der Waals surface area contributed by atoms with Crippen molar-refractivity contribution in [2.75, 3.05) is 0 Å². The zero-order valence-electron chi connectivity index (χ0n) is 9.81. The largest absolute Gasteiger partial charge is 0.0654 e. The first-order chi connectivity index (χ1) is 6.20. The molecule has 0 aliphatic carbocycles. The third-order valence-electron chi connectivity index (χ3n) is 2.86. The van der Waals surface area contributed by atoms with E-state index in [2.05, 4.69) is 27.7 Å². The maximum absolute atomic E-state index is 4.04.